The molecule has 0 heterocycles. The maximum Gasteiger partial charge on any atom is 0.241 e. The Labute approximate surface area is 107 Å². The molecule has 0 aliphatic heterocycles. The smallest absolute Gasteiger partial charge is 0.241 e. The molecule has 1 atom stereocenters. The zero-order valence-electron chi connectivity index (χ0n) is 10.2. The zero-order valence-corrected chi connectivity index (χ0v) is 11.1. The second kappa shape index (κ2) is 5.83. The molecule has 0 spiro atoms. The van der Waals surface area contributed by atoms with Crippen LogP contribution in [0.5, 0.6) is 0 Å². The number of benzene rings is 1. The van der Waals surface area contributed by atoms with Crippen LogP contribution in [-0.2, 0) is 10.0 Å². The molecule has 0 amide bonds. The summed E-state index contributed by atoms with van der Waals surface area (Å²) >= 11 is 0. The predicted octanol–water partition coefficient (Wildman–Crippen LogP) is 0.736. The van der Waals surface area contributed by atoms with Crippen LogP contribution in [0.15, 0.2) is 40.4 Å². The lowest BCUT2D eigenvalue weighted by Gasteiger charge is -2.20. The van der Waals surface area contributed by atoms with Crippen LogP contribution in [0, 0.1) is 5.92 Å². The minimum atomic E-state index is -3.68. The maximum absolute atomic E-state index is 12.1. The fraction of sp³-hybridized carbons (Fsp3) is 0.364. The summed E-state index contributed by atoms with van der Waals surface area (Å²) in [7, 11) is -3.68. The molecule has 0 fully saturated rings. The van der Waals surface area contributed by atoms with Gasteiger partial charge in [0.1, 0.15) is 0 Å². The number of amidine groups is 1. The average molecular weight is 271 g/mol. The number of nitrogens with zero attached hydrogens (tertiary/aromatic N) is 1. The van der Waals surface area contributed by atoms with E-state index >= 15 is 0 Å². The van der Waals surface area contributed by atoms with E-state index in [1.54, 1.807) is 32.0 Å². The number of rotatable bonds is 5. The Balaban J connectivity index is 3.01. The molecule has 0 aromatic heterocycles. The molecule has 1 rings (SSSR count). The van der Waals surface area contributed by atoms with Gasteiger partial charge in [0, 0.05) is 0 Å². The summed E-state index contributed by atoms with van der Waals surface area (Å²) in [5.74, 6) is -0.302. The first kappa shape index (κ1) is 14.5. The van der Waals surface area contributed by atoms with E-state index < -0.39 is 16.1 Å². The molecule has 0 saturated heterocycles. The molecule has 7 heteroatoms. The van der Waals surface area contributed by atoms with Gasteiger partial charge in [-0.2, -0.15) is 0 Å². The van der Waals surface area contributed by atoms with Crippen LogP contribution in [0.2, 0.25) is 0 Å². The van der Waals surface area contributed by atoms with E-state index in [1.165, 1.54) is 12.1 Å². The molecule has 1 aromatic rings. The number of sulfonamides is 1. The Bertz CT molecular complexity index is 512. The van der Waals surface area contributed by atoms with Gasteiger partial charge in [-0.25, -0.2) is 13.1 Å². The Kier molecular flexibility index (Phi) is 4.69. The first-order valence-electron chi connectivity index (χ1n) is 5.43. The van der Waals surface area contributed by atoms with Crippen molar-refractivity contribution >= 4 is 15.9 Å². The van der Waals surface area contributed by atoms with E-state index in [1.807, 2.05) is 0 Å². The average Bonchev–Trinajstić information content (AvgIpc) is 2.36. The van der Waals surface area contributed by atoms with Crippen molar-refractivity contribution in [1.82, 2.24) is 4.72 Å². The molecule has 18 heavy (non-hydrogen) atoms. The summed E-state index contributed by atoms with van der Waals surface area (Å²) in [5.41, 5.74) is 5.48. The molecular weight excluding hydrogens is 254 g/mol. The zero-order chi connectivity index (χ0) is 13.8. The van der Waals surface area contributed by atoms with Crippen LogP contribution in [0.3, 0.4) is 0 Å². The number of oxime groups is 1. The van der Waals surface area contributed by atoms with E-state index in [2.05, 4.69) is 9.88 Å². The van der Waals surface area contributed by atoms with Crippen LogP contribution in [0.1, 0.15) is 13.8 Å². The Morgan fingerprint density at radius 1 is 1.33 bits per heavy atom. The van der Waals surface area contributed by atoms with Crippen molar-refractivity contribution in [2.75, 3.05) is 0 Å². The fourth-order valence-corrected chi connectivity index (χ4v) is 2.81. The molecule has 0 bridgehead atoms. The predicted molar refractivity (Wildman–Crippen MR) is 68.8 cm³/mol. The van der Waals surface area contributed by atoms with Gasteiger partial charge in [0.25, 0.3) is 0 Å². The number of hydrogen-bond acceptors (Lipinski definition) is 4. The largest absolute Gasteiger partial charge is 0.409 e. The van der Waals surface area contributed by atoms with Crippen LogP contribution >= 0.6 is 0 Å². The second-order valence-corrected chi connectivity index (χ2v) is 5.89. The minimum absolute atomic E-state index is 0.139. The van der Waals surface area contributed by atoms with Crippen LogP contribution in [0.25, 0.3) is 0 Å². The summed E-state index contributed by atoms with van der Waals surface area (Å²) in [6, 6.07) is 7.19. The van der Waals surface area contributed by atoms with Gasteiger partial charge >= 0.3 is 0 Å². The minimum Gasteiger partial charge on any atom is -0.409 e. The highest BCUT2D eigenvalue weighted by Crippen LogP contribution is 2.11. The van der Waals surface area contributed by atoms with Crippen molar-refractivity contribution in [1.29, 1.82) is 0 Å². The summed E-state index contributed by atoms with van der Waals surface area (Å²) in [4.78, 5) is 0.140. The van der Waals surface area contributed by atoms with Crippen LogP contribution in [-0.4, -0.2) is 25.5 Å². The van der Waals surface area contributed by atoms with Crippen LogP contribution < -0.4 is 10.5 Å². The molecule has 1 aromatic carbocycles. The number of nitrogens with two attached hydrogens (primary N) is 1. The lowest BCUT2D eigenvalue weighted by Crippen LogP contribution is -2.47. The van der Waals surface area contributed by atoms with Crippen molar-refractivity contribution in [2.45, 2.75) is 24.8 Å². The standard InChI is InChI=1S/C11H17N3O3S/c1-8(2)10(11(12)13-15)14-18(16,17)9-6-4-3-5-7-9/h3-8,10,14-15H,1-2H3,(H2,12,13). The van der Waals surface area contributed by atoms with Gasteiger partial charge in [-0.15, -0.1) is 0 Å². The third-order valence-corrected chi connectivity index (χ3v) is 3.89. The highest BCUT2D eigenvalue weighted by molar-refractivity contribution is 7.89. The second-order valence-electron chi connectivity index (χ2n) is 4.18. The fourth-order valence-electron chi connectivity index (χ4n) is 1.44. The number of nitrogens with one attached hydrogen (secondary N) is 1. The molecule has 6 nitrogen and oxygen atoms in total. The molecule has 0 radical (unpaired) electrons. The SMILES string of the molecule is CC(C)C(NS(=O)(=O)c1ccccc1)C(N)=NO. The van der Waals surface area contributed by atoms with Crippen molar-refractivity contribution < 1.29 is 13.6 Å². The Morgan fingerprint density at radius 2 is 1.89 bits per heavy atom. The summed E-state index contributed by atoms with van der Waals surface area (Å²) < 4.78 is 26.5. The lowest BCUT2D eigenvalue weighted by molar-refractivity contribution is 0.313. The Hall–Kier alpha value is -1.60. The molecular formula is C11H17N3O3S. The summed E-state index contributed by atoms with van der Waals surface area (Å²) in [6.07, 6.45) is 0. The van der Waals surface area contributed by atoms with Gasteiger partial charge in [-0.05, 0) is 18.1 Å². The van der Waals surface area contributed by atoms with E-state index in [0.29, 0.717) is 0 Å². The monoisotopic (exact) mass is 271 g/mol. The molecule has 0 aliphatic rings. The first-order valence-corrected chi connectivity index (χ1v) is 6.91. The Morgan fingerprint density at radius 3 is 2.33 bits per heavy atom. The summed E-state index contributed by atoms with van der Waals surface area (Å²) in [6.45, 7) is 3.55. The van der Waals surface area contributed by atoms with E-state index in [4.69, 9.17) is 10.9 Å². The number of hydrogen-bond donors (Lipinski definition) is 3. The van der Waals surface area contributed by atoms with Crippen molar-refractivity contribution in [3.05, 3.63) is 30.3 Å². The quantitative estimate of drug-likeness (QED) is 0.318. The van der Waals surface area contributed by atoms with Gasteiger partial charge in [0.2, 0.25) is 10.0 Å². The highest BCUT2D eigenvalue weighted by atomic mass is 32.2. The normalized spacial score (nSPS) is 14.7. The van der Waals surface area contributed by atoms with E-state index in [0.717, 1.165) is 0 Å². The van der Waals surface area contributed by atoms with Crippen molar-refractivity contribution in [2.24, 2.45) is 16.8 Å². The van der Waals surface area contributed by atoms with Gasteiger partial charge in [-0.1, -0.05) is 37.2 Å². The maximum atomic E-state index is 12.1. The van der Waals surface area contributed by atoms with Crippen molar-refractivity contribution in [3.8, 4) is 0 Å². The molecule has 0 saturated carbocycles. The lowest BCUT2D eigenvalue weighted by atomic mass is 10.1. The van der Waals surface area contributed by atoms with Gasteiger partial charge in [0.05, 0.1) is 10.9 Å². The van der Waals surface area contributed by atoms with Crippen molar-refractivity contribution in [3.63, 3.8) is 0 Å². The van der Waals surface area contributed by atoms with Gasteiger partial charge < -0.3 is 10.9 Å². The third kappa shape index (κ3) is 3.44. The van der Waals surface area contributed by atoms with E-state index in [9.17, 15) is 8.42 Å². The summed E-state index contributed by atoms with van der Waals surface area (Å²) in [5, 5.41) is 11.5. The van der Waals surface area contributed by atoms with Gasteiger partial charge in [-0.3, -0.25) is 0 Å². The molecule has 1 unspecified atom stereocenters. The molecule has 4 N–H and O–H groups in total. The molecule has 100 valence electrons. The first-order chi connectivity index (χ1) is 8.38. The third-order valence-electron chi connectivity index (χ3n) is 2.44. The van der Waals surface area contributed by atoms with Gasteiger partial charge in [0.15, 0.2) is 5.84 Å². The van der Waals surface area contributed by atoms with E-state index in [-0.39, 0.29) is 16.6 Å². The molecule has 0 aliphatic carbocycles. The topological polar surface area (TPSA) is 105 Å². The van der Waals surface area contributed by atoms with Crippen LogP contribution in [0.4, 0.5) is 0 Å². The highest BCUT2D eigenvalue weighted by Gasteiger charge is 2.25.